The average molecular weight is 400 g/mol. The summed E-state index contributed by atoms with van der Waals surface area (Å²) in [5, 5.41) is 4.18. The molecule has 1 aliphatic rings. The van der Waals surface area contributed by atoms with E-state index in [1.807, 2.05) is 45.0 Å². The van der Waals surface area contributed by atoms with E-state index in [-0.39, 0.29) is 30.0 Å². The quantitative estimate of drug-likeness (QED) is 0.667. The first-order valence-electron chi connectivity index (χ1n) is 9.83. The van der Waals surface area contributed by atoms with Crippen LogP contribution in [0.4, 0.5) is 8.78 Å². The van der Waals surface area contributed by atoms with Crippen molar-refractivity contribution in [1.82, 2.24) is 4.90 Å². The molecule has 0 aromatic heterocycles. The Labute approximate surface area is 170 Å². The first-order valence-corrected chi connectivity index (χ1v) is 9.83. The molecule has 2 aromatic rings. The summed E-state index contributed by atoms with van der Waals surface area (Å²) in [6.07, 6.45) is 0.618. The molecule has 0 saturated heterocycles. The van der Waals surface area contributed by atoms with E-state index in [1.165, 1.54) is 12.1 Å². The van der Waals surface area contributed by atoms with Crippen LogP contribution in [0.3, 0.4) is 0 Å². The average Bonchev–Trinajstić information content (AvgIpc) is 3.12. The van der Waals surface area contributed by atoms with Gasteiger partial charge in [0.25, 0.3) is 0 Å². The summed E-state index contributed by atoms with van der Waals surface area (Å²) in [5.41, 5.74) is 3.26. The van der Waals surface area contributed by atoms with E-state index in [9.17, 15) is 13.6 Å². The molecule has 3 rings (SSSR count). The number of rotatable bonds is 7. The zero-order valence-electron chi connectivity index (χ0n) is 17.0. The minimum Gasteiger partial charge on any atom is -0.390 e. The van der Waals surface area contributed by atoms with Crippen LogP contribution in [-0.2, 0) is 16.2 Å². The maximum absolute atomic E-state index is 14.1. The van der Waals surface area contributed by atoms with Crippen molar-refractivity contribution in [1.29, 1.82) is 0 Å². The maximum Gasteiger partial charge on any atom is 0.223 e. The number of carbonyl (C=O) groups is 1. The van der Waals surface area contributed by atoms with Gasteiger partial charge in [-0.1, -0.05) is 54.9 Å². The van der Waals surface area contributed by atoms with Gasteiger partial charge < -0.3 is 9.74 Å². The molecule has 1 heterocycles. The highest BCUT2D eigenvalue weighted by molar-refractivity contribution is 6.01. The molecule has 0 fully saturated rings. The molecule has 0 N–H and O–H groups in total. The van der Waals surface area contributed by atoms with Gasteiger partial charge >= 0.3 is 0 Å². The Hall–Kier alpha value is -2.76. The second-order valence-electron chi connectivity index (χ2n) is 7.94. The van der Waals surface area contributed by atoms with Gasteiger partial charge in [0.2, 0.25) is 5.91 Å². The van der Waals surface area contributed by atoms with Gasteiger partial charge in [0.15, 0.2) is 6.10 Å². The number of benzene rings is 2. The van der Waals surface area contributed by atoms with Crippen molar-refractivity contribution in [2.45, 2.75) is 46.3 Å². The number of hydrogen-bond acceptors (Lipinski definition) is 3. The third kappa shape index (κ3) is 5.62. The fraction of sp³-hybridized carbons (Fsp3) is 0.391. The molecule has 29 heavy (non-hydrogen) atoms. The van der Waals surface area contributed by atoms with Crippen molar-refractivity contribution < 1.29 is 18.4 Å². The summed E-state index contributed by atoms with van der Waals surface area (Å²) in [4.78, 5) is 19.9. The third-order valence-corrected chi connectivity index (χ3v) is 4.85. The lowest BCUT2D eigenvalue weighted by atomic mass is 10.0. The number of halogens is 2. The standard InChI is InChI=1S/C23H26F2N2O2/c1-15(2)10-23(28)27(13-18-8-9-19(24)11-21(18)25)14-20-12-22(26-29-20)17-6-4-16(3)5-7-17/h4-9,11,15,20H,10,12-14H2,1-3H3. The largest absolute Gasteiger partial charge is 0.390 e. The number of nitrogens with zero attached hydrogens (tertiary/aromatic N) is 2. The van der Waals surface area contributed by atoms with Crippen LogP contribution in [0, 0.1) is 24.5 Å². The summed E-state index contributed by atoms with van der Waals surface area (Å²) in [6.45, 7) is 6.30. The van der Waals surface area contributed by atoms with Crippen LogP contribution in [0.5, 0.6) is 0 Å². The molecule has 1 aliphatic heterocycles. The number of amides is 1. The highest BCUT2D eigenvalue weighted by Gasteiger charge is 2.27. The summed E-state index contributed by atoms with van der Waals surface area (Å²) in [5.74, 6) is -1.21. The minimum atomic E-state index is -0.656. The number of hydrogen-bond donors (Lipinski definition) is 0. The molecule has 1 unspecified atom stereocenters. The Bertz CT molecular complexity index is 894. The second kappa shape index (κ2) is 9.16. The molecular formula is C23H26F2N2O2. The van der Waals surface area contributed by atoms with Crippen molar-refractivity contribution in [3.8, 4) is 0 Å². The summed E-state index contributed by atoms with van der Waals surface area (Å²) < 4.78 is 27.4. The monoisotopic (exact) mass is 400 g/mol. The van der Waals surface area contributed by atoms with Crippen molar-refractivity contribution in [3.05, 3.63) is 70.8 Å². The van der Waals surface area contributed by atoms with Crippen LogP contribution < -0.4 is 0 Å². The van der Waals surface area contributed by atoms with Crippen molar-refractivity contribution in [3.63, 3.8) is 0 Å². The molecule has 0 spiro atoms. The molecule has 1 atom stereocenters. The maximum atomic E-state index is 14.1. The van der Waals surface area contributed by atoms with E-state index in [0.717, 1.165) is 22.9 Å². The van der Waals surface area contributed by atoms with E-state index >= 15 is 0 Å². The number of carbonyl (C=O) groups excluding carboxylic acids is 1. The highest BCUT2D eigenvalue weighted by Crippen LogP contribution is 2.21. The van der Waals surface area contributed by atoms with Gasteiger partial charge in [0, 0.05) is 31.0 Å². The first-order chi connectivity index (χ1) is 13.8. The summed E-state index contributed by atoms with van der Waals surface area (Å²) in [7, 11) is 0. The molecule has 0 saturated carbocycles. The predicted octanol–water partition coefficient (Wildman–Crippen LogP) is 4.84. The lowest BCUT2D eigenvalue weighted by molar-refractivity contribution is -0.134. The SMILES string of the molecule is Cc1ccc(C2=NOC(CN(Cc3ccc(F)cc3F)C(=O)CC(C)C)C2)cc1. The summed E-state index contributed by atoms with van der Waals surface area (Å²) in [6, 6.07) is 11.4. The molecule has 4 nitrogen and oxygen atoms in total. The smallest absolute Gasteiger partial charge is 0.223 e. The highest BCUT2D eigenvalue weighted by atomic mass is 19.1. The molecular weight excluding hydrogens is 374 g/mol. The molecule has 0 bridgehead atoms. The Kier molecular flexibility index (Phi) is 6.62. The van der Waals surface area contributed by atoms with E-state index in [0.29, 0.717) is 19.4 Å². The third-order valence-electron chi connectivity index (χ3n) is 4.85. The van der Waals surface area contributed by atoms with Crippen LogP contribution >= 0.6 is 0 Å². The van der Waals surface area contributed by atoms with E-state index in [1.54, 1.807) is 4.90 Å². The van der Waals surface area contributed by atoms with Crippen molar-refractivity contribution in [2.75, 3.05) is 6.54 Å². The van der Waals surface area contributed by atoms with Crippen molar-refractivity contribution >= 4 is 11.6 Å². The first kappa shape index (κ1) is 21.0. The molecule has 154 valence electrons. The van der Waals surface area contributed by atoms with Gasteiger partial charge in [-0.15, -0.1) is 0 Å². The normalized spacial score (nSPS) is 15.9. The topological polar surface area (TPSA) is 41.9 Å². The van der Waals surface area contributed by atoms with Gasteiger partial charge in [-0.3, -0.25) is 4.79 Å². The van der Waals surface area contributed by atoms with Gasteiger partial charge in [-0.25, -0.2) is 8.78 Å². The van der Waals surface area contributed by atoms with Gasteiger partial charge in [0.05, 0.1) is 12.3 Å². The van der Waals surface area contributed by atoms with Crippen LogP contribution in [0.1, 0.15) is 43.4 Å². The molecule has 2 aromatic carbocycles. The molecule has 6 heteroatoms. The Morgan fingerprint density at radius 3 is 2.59 bits per heavy atom. The minimum absolute atomic E-state index is 0.0669. The lowest BCUT2D eigenvalue weighted by Crippen LogP contribution is -2.38. The number of oxime groups is 1. The lowest BCUT2D eigenvalue weighted by Gasteiger charge is -2.26. The van der Waals surface area contributed by atoms with Gasteiger partial charge in [-0.05, 0) is 24.5 Å². The fourth-order valence-corrected chi connectivity index (χ4v) is 3.28. The second-order valence-corrected chi connectivity index (χ2v) is 7.94. The van der Waals surface area contributed by atoms with E-state index in [4.69, 9.17) is 4.84 Å². The van der Waals surface area contributed by atoms with Crippen LogP contribution in [-0.4, -0.2) is 29.2 Å². The Morgan fingerprint density at radius 1 is 1.21 bits per heavy atom. The van der Waals surface area contributed by atoms with E-state index < -0.39 is 11.6 Å². The van der Waals surface area contributed by atoms with E-state index in [2.05, 4.69) is 5.16 Å². The molecule has 0 aliphatic carbocycles. The zero-order valence-corrected chi connectivity index (χ0v) is 17.0. The van der Waals surface area contributed by atoms with Gasteiger partial charge in [0.1, 0.15) is 11.6 Å². The zero-order chi connectivity index (χ0) is 21.0. The molecule has 1 amide bonds. The van der Waals surface area contributed by atoms with Crippen LogP contribution in [0.2, 0.25) is 0 Å². The Morgan fingerprint density at radius 2 is 1.93 bits per heavy atom. The van der Waals surface area contributed by atoms with Crippen LogP contribution in [0.25, 0.3) is 0 Å². The van der Waals surface area contributed by atoms with Crippen LogP contribution in [0.15, 0.2) is 47.6 Å². The summed E-state index contributed by atoms with van der Waals surface area (Å²) >= 11 is 0. The predicted molar refractivity (Wildman–Crippen MR) is 108 cm³/mol. The fourth-order valence-electron chi connectivity index (χ4n) is 3.28. The van der Waals surface area contributed by atoms with Gasteiger partial charge in [-0.2, -0.15) is 0 Å². The Balaban J connectivity index is 1.70. The molecule has 0 radical (unpaired) electrons. The number of aryl methyl sites for hydroxylation is 1. The van der Waals surface area contributed by atoms with Crippen molar-refractivity contribution in [2.24, 2.45) is 11.1 Å².